The monoisotopic (exact) mass is 315 g/mol. The molecule has 1 aromatic carbocycles. The number of hydrogen-bond donors (Lipinski definition) is 1. The van der Waals surface area contributed by atoms with Gasteiger partial charge in [0, 0.05) is 25.2 Å². The normalized spacial score (nSPS) is 11.6. The zero-order valence-corrected chi connectivity index (χ0v) is 14.5. The van der Waals surface area contributed by atoms with Crippen LogP contribution in [0.4, 0.5) is 0 Å². The first-order chi connectivity index (χ1) is 10.7. The van der Waals surface area contributed by atoms with Crippen molar-refractivity contribution in [3.05, 3.63) is 47.3 Å². The molecule has 1 heterocycles. The van der Waals surface area contributed by atoms with Crippen molar-refractivity contribution in [1.82, 2.24) is 14.7 Å². The highest BCUT2D eigenvalue weighted by Crippen LogP contribution is 2.26. The highest BCUT2D eigenvalue weighted by atomic mass is 16.3. The number of likely N-dealkylation sites (N-methyl/N-ethyl adjacent to an activating group) is 1. The van der Waals surface area contributed by atoms with Crippen LogP contribution >= 0.6 is 0 Å². The number of nitrogens with zero attached hydrogens (tertiary/aromatic N) is 3. The Morgan fingerprint density at radius 2 is 1.87 bits per heavy atom. The second kappa shape index (κ2) is 6.54. The minimum Gasteiger partial charge on any atom is -0.395 e. The number of amides is 1. The van der Waals surface area contributed by atoms with Gasteiger partial charge in [-0.1, -0.05) is 38.5 Å². The van der Waals surface area contributed by atoms with Crippen LogP contribution in [0, 0.1) is 6.92 Å². The number of aliphatic hydroxyl groups is 1. The van der Waals surface area contributed by atoms with Crippen molar-refractivity contribution < 1.29 is 9.90 Å². The van der Waals surface area contributed by atoms with E-state index in [9.17, 15) is 4.79 Å². The molecular weight excluding hydrogens is 290 g/mol. The molecule has 5 nitrogen and oxygen atoms in total. The highest BCUT2D eigenvalue weighted by Gasteiger charge is 2.28. The molecule has 2 rings (SSSR count). The third-order valence-electron chi connectivity index (χ3n) is 3.74. The minimum atomic E-state index is -0.249. The second-order valence-corrected chi connectivity index (χ2v) is 6.87. The lowest BCUT2D eigenvalue weighted by molar-refractivity contribution is 0.0764. The molecule has 0 saturated heterocycles. The Morgan fingerprint density at radius 1 is 1.26 bits per heavy atom. The molecule has 1 amide bonds. The van der Waals surface area contributed by atoms with Crippen molar-refractivity contribution in [2.45, 2.75) is 33.1 Å². The molecule has 23 heavy (non-hydrogen) atoms. The Kier molecular flexibility index (Phi) is 4.90. The van der Waals surface area contributed by atoms with Crippen LogP contribution in [-0.4, -0.2) is 45.9 Å². The number of aryl methyl sites for hydroxylation is 1. The highest BCUT2D eigenvalue weighted by molar-refractivity contribution is 5.95. The van der Waals surface area contributed by atoms with Gasteiger partial charge in [-0.15, -0.1) is 0 Å². The summed E-state index contributed by atoms with van der Waals surface area (Å²) in [6.45, 7) is 8.40. The smallest absolute Gasteiger partial charge is 0.257 e. The van der Waals surface area contributed by atoms with E-state index in [2.05, 4.69) is 5.10 Å². The minimum absolute atomic E-state index is 0.0564. The molecule has 0 saturated carbocycles. The maximum absolute atomic E-state index is 12.7. The maximum atomic E-state index is 12.7. The van der Waals surface area contributed by atoms with E-state index in [1.807, 2.05) is 52.0 Å². The van der Waals surface area contributed by atoms with Crippen LogP contribution in [0.3, 0.4) is 0 Å². The largest absolute Gasteiger partial charge is 0.395 e. The van der Waals surface area contributed by atoms with Crippen LogP contribution in [0.1, 0.15) is 42.4 Å². The van der Waals surface area contributed by atoms with Crippen LogP contribution in [0.15, 0.2) is 30.5 Å². The summed E-state index contributed by atoms with van der Waals surface area (Å²) in [7, 11) is 1.69. The number of benzene rings is 1. The molecule has 1 N–H and O–H groups in total. The van der Waals surface area contributed by atoms with E-state index in [4.69, 9.17) is 5.11 Å². The van der Waals surface area contributed by atoms with Crippen molar-refractivity contribution in [1.29, 1.82) is 0 Å². The van der Waals surface area contributed by atoms with Crippen molar-refractivity contribution in [3.8, 4) is 5.69 Å². The van der Waals surface area contributed by atoms with Gasteiger partial charge in [0.15, 0.2) is 0 Å². The van der Waals surface area contributed by atoms with E-state index in [1.54, 1.807) is 17.9 Å². The molecule has 0 aliphatic rings. The third kappa shape index (κ3) is 3.79. The quantitative estimate of drug-likeness (QED) is 0.943. The fourth-order valence-electron chi connectivity index (χ4n) is 2.37. The van der Waals surface area contributed by atoms with Gasteiger partial charge in [-0.05, 0) is 19.1 Å². The molecule has 1 aromatic heterocycles. The lowest BCUT2D eigenvalue weighted by Crippen LogP contribution is -2.31. The summed E-state index contributed by atoms with van der Waals surface area (Å²) >= 11 is 0. The predicted molar refractivity (Wildman–Crippen MR) is 91.0 cm³/mol. The Hall–Kier alpha value is -2.14. The van der Waals surface area contributed by atoms with E-state index >= 15 is 0 Å². The second-order valence-electron chi connectivity index (χ2n) is 6.87. The van der Waals surface area contributed by atoms with Gasteiger partial charge in [0.1, 0.15) is 0 Å². The fraction of sp³-hybridized carbons (Fsp3) is 0.444. The zero-order valence-electron chi connectivity index (χ0n) is 14.5. The molecule has 0 bridgehead atoms. The molecular formula is C18H25N3O2. The molecule has 0 fully saturated rings. The fourth-order valence-corrected chi connectivity index (χ4v) is 2.37. The molecule has 0 aliphatic carbocycles. The molecule has 5 heteroatoms. The van der Waals surface area contributed by atoms with Crippen LogP contribution in [-0.2, 0) is 5.41 Å². The van der Waals surface area contributed by atoms with Crippen LogP contribution in [0.2, 0.25) is 0 Å². The Balaban J connectivity index is 2.48. The molecule has 2 aromatic rings. The van der Waals surface area contributed by atoms with Crippen LogP contribution in [0.25, 0.3) is 5.69 Å². The van der Waals surface area contributed by atoms with Crippen molar-refractivity contribution in [2.24, 2.45) is 0 Å². The van der Waals surface area contributed by atoms with Gasteiger partial charge < -0.3 is 10.0 Å². The average molecular weight is 315 g/mol. The summed E-state index contributed by atoms with van der Waals surface area (Å²) in [5.74, 6) is -0.123. The van der Waals surface area contributed by atoms with Crippen molar-refractivity contribution in [3.63, 3.8) is 0 Å². The van der Waals surface area contributed by atoms with Gasteiger partial charge in [-0.2, -0.15) is 5.10 Å². The number of rotatable bonds is 4. The maximum Gasteiger partial charge on any atom is 0.257 e. The summed E-state index contributed by atoms with van der Waals surface area (Å²) in [5.41, 5.74) is 3.18. The third-order valence-corrected chi connectivity index (χ3v) is 3.74. The topological polar surface area (TPSA) is 58.4 Å². The van der Waals surface area contributed by atoms with E-state index < -0.39 is 0 Å². The number of hydrogen-bond acceptors (Lipinski definition) is 3. The van der Waals surface area contributed by atoms with E-state index in [0.29, 0.717) is 12.1 Å². The zero-order chi connectivity index (χ0) is 17.2. The molecule has 0 unspecified atom stereocenters. The van der Waals surface area contributed by atoms with E-state index in [1.165, 1.54) is 10.5 Å². The van der Waals surface area contributed by atoms with Gasteiger partial charge in [-0.3, -0.25) is 4.79 Å². The Labute approximate surface area is 137 Å². The molecule has 0 spiro atoms. The molecule has 0 aliphatic heterocycles. The van der Waals surface area contributed by atoms with Gasteiger partial charge in [0.25, 0.3) is 5.91 Å². The number of aliphatic hydroxyl groups excluding tert-OH is 1. The number of aromatic nitrogens is 2. The van der Waals surface area contributed by atoms with Gasteiger partial charge in [-0.25, -0.2) is 4.68 Å². The SMILES string of the molecule is Cc1ccc(-n2cc(C(=O)N(C)CCO)c(C(C)(C)C)n2)cc1. The number of carbonyl (C=O) groups is 1. The summed E-state index contributed by atoms with van der Waals surface area (Å²) in [6, 6.07) is 8.02. The van der Waals surface area contributed by atoms with E-state index in [0.717, 1.165) is 11.4 Å². The lowest BCUT2D eigenvalue weighted by Gasteiger charge is -2.20. The van der Waals surface area contributed by atoms with Crippen molar-refractivity contribution in [2.75, 3.05) is 20.2 Å². The summed E-state index contributed by atoms with van der Waals surface area (Å²) in [4.78, 5) is 14.2. The Bertz CT molecular complexity index is 681. The van der Waals surface area contributed by atoms with Crippen molar-refractivity contribution >= 4 is 5.91 Å². The van der Waals surface area contributed by atoms with Crippen LogP contribution in [0.5, 0.6) is 0 Å². The van der Waals surface area contributed by atoms with E-state index in [-0.39, 0.29) is 17.9 Å². The summed E-state index contributed by atoms with van der Waals surface area (Å²) < 4.78 is 1.75. The molecule has 0 radical (unpaired) electrons. The number of carbonyl (C=O) groups excluding carboxylic acids is 1. The summed E-state index contributed by atoms with van der Waals surface area (Å²) in [5, 5.41) is 13.7. The van der Waals surface area contributed by atoms with Gasteiger partial charge in [0.05, 0.1) is 23.6 Å². The van der Waals surface area contributed by atoms with Crippen LogP contribution < -0.4 is 0 Å². The lowest BCUT2D eigenvalue weighted by atomic mass is 9.89. The Morgan fingerprint density at radius 3 is 2.39 bits per heavy atom. The first kappa shape index (κ1) is 17.2. The first-order valence-corrected chi connectivity index (χ1v) is 7.77. The standard InChI is InChI=1S/C18H25N3O2/c1-13-6-8-14(9-7-13)21-12-15(16(19-21)18(2,3)4)17(23)20(5)10-11-22/h6-9,12,22H,10-11H2,1-5H3. The van der Waals surface area contributed by atoms with Gasteiger partial charge >= 0.3 is 0 Å². The van der Waals surface area contributed by atoms with Gasteiger partial charge in [0.2, 0.25) is 0 Å². The summed E-state index contributed by atoms with van der Waals surface area (Å²) in [6.07, 6.45) is 1.78. The molecule has 124 valence electrons. The first-order valence-electron chi connectivity index (χ1n) is 7.77. The molecule has 0 atom stereocenters. The average Bonchev–Trinajstić information content (AvgIpc) is 2.92. The predicted octanol–water partition coefficient (Wildman–Crippen LogP) is 2.54.